The Morgan fingerprint density at radius 2 is 1.96 bits per heavy atom. The fraction of sp³-hybridized carbons (Fsp3) is 0.333. The molecular weight excluding hydrogens is 293 g/mol. The van der Waals surface area contributed by atoms with Crippen molar-refractivity contribution in [3.63, 3.8) is 0 Å². The number of benzene rings is 1. The molecule has 4 nitrogen and oxygen atoms in total. The molecule has 2 aromatic rings. The van der Waals surface area contributed by atoms with Crippen molar-refractivity contribution in [2.75, 3.05) is 11.9 Å². The molecule has 1 atom stereocenters. The monoisotopic (exact) mass is 315 g/mol. The van der Waals surface area contributed by atoms with Gasteiger partial charge in [-0.3, -0.25) is 4.79 Å². The third-order valence-electron chi connectivity index (χ3n) is 3.65. The van der Waals surface area contributed by atoms with Gasteiger partial charge in [-0.25, -0.2) is 9.37 Å². The lowest BCUT2D eigenvalue weighted by Crippen LogP contribution is -2.31. The van der Waals surface area contributed by atoms with Crippen LogP contribution in [0.15, 0.2) is 42.6 Å². The Balaban J connectivity index is 1.82. The van der Waals surface area contributed by atoms with Crippen LogP contribution in [0.1, 0.15) is 36.2 Å². The second kappa shape index (κ2) is 8.27. The number of hydrogen-bond donors (Lipinski definition) is 2. The minimum Gasteiger partial charge on any atom is -0.370 e. The summed E-state index contributed by atoms with van der Waals surface area (Å²) in [7, 11) is 0. The first kappa shape index (κ1) is 16.9. The van der Waals surface area contributed by atoms with Crippen molar-refractivity contribution in [2.45, 2.75) is 32.7 Å². The molecule has 23 heavy (non-hydrogen) atoms. The van der Waals surface area contributed by atoms with E-state index in [-0.39, 0.29) is 17.8 Å². The summed E-state index contributed by atoms with van der Waals surface area (Å²) in [4.78, 5) is 16.2. The predicted octanol–water partition coefficient (Wildman–Crippen LogP) is 3.40. The van der Waals surface area contributed by atoms with Crippen molar-refractivity contribution in [2.24, 2.45) is 0 Å². The molecule has 1 aromatic heterocycles. The number of nitrogens with one attached hydrogen (secondary N) is 2. The van der Waals surface area contributed by atoms with Gasteiger partial charge in [-0.05, 0) is 49.6 Å². The maximum Gasteiger partial charge on any atom is 0.253 e. The van der Waals surface area contributed by atoms with Gasteiger partial charge in [0.1, 0.15) is 11.6 Å². The van der Waals surface area contributed by atoms with Crippen LogP contribution in [0.5, 0.6) is 0 Å². The molecule has 0 aliphatic heterocycles. The zero-order valence-corrected chi connectivity index (χ0v) is 13.5. The third kappa shape index (κ3) is 5.36. The van der Waals surface area contributed by atoms with Gasteiger partial charge in [0.05, 0.1) is 5.56 Å². The lowest BCUT2D eigenvalue weighted by atomic mass is 10.1. The number of hydrogen-bond acceptors (Lipinski definition) is 3. The van der Waals surface area contributed by atoms with E-state index in [1.807, 2.05) is 13.8 Å². The highest BCUT2D eigenvalue weighted by molar-refractivity contribution is 5.94. The standard InChI is InChI=1S/C18H22FN3O/c1-3-13(2)22-18(23)15-6-9-17(21-12-15)20-11-10-14-4-7-16(19)8-5-14/h4-9,12-13H,3,10-11H2,1-2H3,(H,20,21)(H,22,23). The molecule has 0 saturated heterocycles. The summed E-state index contributed by atoms with van der Waals surface area (Å²) < 4.78 is 12.8. The number of carbonyl (C=O) groups excluding carboxylic acids is 1. The van der Waals surface area contributed by atoms with E-state index in [9.17, 15) is 9.18 Å². The highest BCUT2D eigenvalue weighted by atomic mass is 19.1. The molecule has 1 heterocycles. The molecule has 122 valence electrons. The third-order valence-corrected chi connectivity index (χ3v) is 3.65. The summed E-state index contributed by atoms with van der Waals surface area (Å²) >= 11 is 0. The lowest BCUT2D eigenvalue weighted by molar-refractivity contribution is 0.0939. The van der Waals surface area contributed by atoms with Gasteiger partial charge in [-0.15, -0.1) is 0 Å². The molecule has 0 aliphatic carbocycles. The Morgan fingerprint density at radius 3 is 2.57 bits per heavy atom. The van der Waals surface area contributed by atoms with Gasteiger partial charge in [-0.2, -0.15) is 0 Å². The fourth-order valence-corrected chi connectivity index (χ4v) is 2.03. The second-order valence-electron chi connectivity index (χ2n) is 5.52. The molecule has 2 N–H and O–H groups in total. The van der Waals surface area contributed by atoms with Gasteiger partial charge in [0, 0.05) is 18.8 Å². The van der Waals surface area contributed by atoms with Crippen LogP contribution in [-0.2, 0) is 6.42 Å². The molecule has 1 amide bonds. The van der Waals surface area contributed by atoms with Crippen molar-refractivity contribution >= 4 is 11.7 Å². The van der Waals surface area contributed by atoms with Crippen LogP contribution in [-0.4, -0.2) is 23.5 Å². The number of pyridine rings is 1. The number of carbonyl (C=O) groups is 1. The van der Waals surface area contributed by atoms with E-state index in [4.69, 9.17) is 0 Å². The van der Waals surface area contributed by atoms with Crippen LogP contribution in [0.4, 0.5) is 10.2 Å². The molecule has 0 bridgehead atoms. The summed E-state index contributed by atoms with van der Waals surface area (Å²) in [5.41, 5.74) is 1.61. The Kier molecular flexibility index (Phi) is 6.09. The van der Waals surface area contributed by atoms with Gasteiger partial charge in [0.25, 0.3) is 5.91 Å². The largest absolute Gasteiger partial charge is 0.370 e. The molecular formula is C18H22FN3O. The van der Waals surface area contributed by atoms with Crippen molar-refractivity contribution in [3.8, 4) is 0 Å². The molecule has 1 aromatic carbocycles. The smallest absolute Gasteiger partial charge is 0.253 e. The number of aromatic nitrogens is 1. The first-order valence-electron chi connectivity index (χ1n) is 7.83. The van der Waals surface area contributed by atoms with Crippen LogP contribution in [0.2, 0.25) is 0 Å². The van der Waals surface area contributed by atoms with Crippen LogP contribution < -0.4 is 10.6 Å². The highest BCUT2D eigenvalue weighted by Crippen LogP contribution is 2.07. The quantitative estimate of drug-likeness (QED) is 0.823. The molecule has 2 rings (SSSR count). The average molecular weight is 315 g/mol. The van der Waals surface area contributed by atoms with Crippen molar-refractivity contribution in [1.29, 1.82) is 0 Å². The molecule has 0 radical (unpaired) electrons. The number of anilines is 1. The fourth-order valence-electron chi connectivity index (χ4n) is 2.03. The van der Waals surface area contributed by atoms with Gasteiger partial charge >= 0.3 is 0 Å². The first-order chi connectivity index (χ1) is 11.1. The van der Waals surface area contributed by atoms with E-state index in [1.165, 1.54) is 12.1 Å². The Hall–Kier alpha value is -2.43. The van der Waals surface area contributed by atoms with E-state index in [0.717, 1.165) is 18.4 Å². The number of nitrogens with zero attached hydrogens (tertiary/aromatic N) is 1. The van der Waals surface area contributed by atoms with Crippen LogP contribution >= 0.6 is 0 Å². The molecule has 0 saturated carbocycles. The topological polar surface area (TPSA) is 54.0 Å². The second-order valence-corrected chi connectivity index (χ2v) is 5.52. The Morgan fingerprint density at radius 1 is 1.22 bits per heavy atom. The Bertz CT molecular complexity index is 626. The van der Waals surface area contributed by atoms with Crippen LogP contribution in [0, 0.1) is 5.82 Å². The van der Waals surface area contributed by atoms with Gasteiger partial charge in [0.15, 0.2) is 0 Å². The summed E-state index contributed by atoms with van der Waals surface area (Å²) in [6.07, 6.45) is 3.23. The van der Waals surface area contributed by atoms with Crippen molar-refractivity contribution in [3.05, 3.63) is 59.5 Å². The molecule has 0 fully saturated rings. The number of halogens is 1. The summed E-state index contributed by atoms with van der Waals surface area (Å²) in [6.45, 7) is 4.69. The highest BCUT2D eigenvalue weighted by Gasteiger charge is 2.08. The summed E-state index contributed by atoms with van der Waals surface area (Å²) in [6, 6.07) is 10.1. The first-order valence-corrected chi connectivity index (χ1v) is 7.83. The van der Waals surface area contributed by atoms with Gasteiger partial charge in [-0.1, -0.05) is 19.1 Å². The van der Waals surface area contributed by atoms with Crippen molar-refractivity contribution < 1.29 is 9.18 Å². The number of rotatable bonds is 7. The zero-order chi connectivity index (χ0) is 16.7. The SMILES string of the molecule is CCC(C)NC(=O)c1ccc(NCCc2ccc(F)cc2)nc1. The summed E-state index contributed by atoms with van der Waals surface area (Å²) in [5, 5.41) is 6.09. The minimum atomic E-state index is -0.227. The van der Waals surface area contributed by atoms with Gasteiger partial charge in [0.2, 0.25) is 0 Å². The lowest BCUT2D eigenvalue weighted by Gasteiger charge is -2.11. The van der Waals surface area contributed by atoms with E-state index in [1.54, 1.807) is 30.5 Å². The van der Waals surface area contributed by atoms with E-state index >= 15 is 0 Å². The predicted molar refractivity (Wildman–Crippen MR) is 90.0 cm³/mol. The van der Waals surface area contributed by atoms with E-state index in [2.05, 4.69) is 15.6 Å². The van der Waals surface area contributed by atoms with Gasteiger partial charge < -0.3 is 10.6 Å². The maximum absolute atomic E-state index is 12.8. The zero-order valence-electron chi connectivity index (χ0n) is 13.5. The molecule has 1 unspecified atom stereocenters. The number of amides is 1. The summed E-state index contributed by atoms with van der Waals surface area (Å²) in [5.74, 6) is 0.381. The molecule has 0 spiro atoms. The van der Waals surface area contributed by atoms with E-state index in [0.29, 0.717) is 17.9 Å². The van der Waals surface area contributed by atoms with Crippen LogP contribution in [0.25, 0.3) is 0 Å². The maximum atomic E-state index is 12.8. The van der Waals surface area contributed by atoms with E-state index < -0.39 is 0 Å². The normalized spacial score (nSPS) is 11.8. The Labute approximate surface area is 136 Å². The minimum absolute atomic E-state index is 0.107. The average Bonchev–Trinajstić information content (AvgIpc) is 2.57. The van der Waals surface area contributed by atoms with Crippen molar-refractivity contribution in [1.82, 2.24) is 10.3 Å². The molecule has 5 heteroatoms. The van der Waals surface area contributed by atoms with Crippen LogP contribution in [0.3, 0.4) is 0 Å². The molecule has 0 aliphatic rings.